The van der Waals surface area contributed by atoms with E-state index in [4.69, 9.17) is 20.4 Å². The minimum atomic E-state index is -0.752. The minimum absolute atomic E-state index is 0. The Balaban J connectivity index is 0. The van der Waals surface area contributed by atoms with Gasteiger partial charge in [-0.15, -0.1) is 0 Å². The summed E-state index contributed by atoms with van der Waals surface area (Å²) in [4.78, 5) is 0. The molecule has 0 aliphatic heterocycles. The molecular weight excluding hydrogens is 430 g/mol. The van der Waals surface area contributed by atoms with E-state index >= 15 is 0 Å². The Kier molecular flexibility index (Phi) is 17.5. The van der Waals surface area contributed by atoms with Crippen molar-refractivity contribution >= 4 is 0 Å². The minimum Gasteiger partial charge on any atom is -0.396 e. The van der Waals surface area contributed by atoms with E-state index in [9.17, 15) is 5.11 Å². The molecule has 1 atom stereocenters. The van der Waals surface area contributed by atoms with Crippen LogP contribution in [-0.4, -0.2) is 62.7 Å². The van der Waals surface area contributed by atoms with Crippen LogP contribution in [0.3, 0.4) is 0 Å². The number of hydrogen-bond acceptors (Lipinski definition) is 6. The van der Waals surface area contributed by atoms with Crippen LogP contribution in [0.2, 0.25) is 0 Å². The molecule has 0 aromatic rings. The van der Waals surface area contributed by atoms with Crippen molar-refractivity contribution < 1.29 is 47.3 Å². The van der Waals surface area contributed by atoms with Gasteiger partial charge in [-0.2, -0.15) is 0 Å². The van der Waals surface area contributed by atoms with Crippen LogP contribution in [-0.2, 0) is 21.7 Å². The summed E-state index contributed by atoms with van der Waals surface area (Å²) in [6.07, 6.45) is 8.07. The van der Waals surface area contributed by atoms with Crippen molar-refractivity contribution in [1.82, 2.24) is 5.32 Å². The second kappa shape index (κ2) is 16.2. The third-order valence-corrected chi connectivity index (χ3v) is 5.88. The molecule has 0 radical (unpaired) electrons. The van der Waals surface area contributed by atoms with Crippen LogP contribution in [0.4, 0.5) is 0 Å². The summed E-state index contributed by atoms with van der Waals surface area (Å²) in [5.41, 5.74) is -0.643. The fourth-order valence-electron chi connectivity index (χ4n) is 5.31. The molecular formula is C24H51NO5Ti. The molecule has 4 aliphatic rings. The van der Waals surface area contributed by atoms with Crippen molar-refractivity contribution in [2.45, 2.75) is 117 Å². The van der Waals surface area contributed by atoms with Crippen molar-refractivity contribution in [3.63, 3.8) is 0 Å². The van der Waals surface area contributed by atoms with Crippen molar-refractivity contribution in [2.24, 2.45) is 23.2 Å². The summed E-state index contributed by atoms with van der Waals surface area (Å²) >= 11 is 0. The molecule has 4 bridgehead atoms. The largest absolute Gasteiger partial charge is 0.396 e. The Morgan fingerprint density at radius 3 is 1.35 bits per heavy atom. The number of nitrogens with one attached hydrogen (secondary N) is 1. The summed E-state index contributed by atoms with van der Waals surface area (Å²) < 4.78 is 0. The zero-order valence-corrected chi connectivity index (χ0v) is 22.6. The van der Waals surface area contributed by atoms with Gasteiger partial charge in [0.2, 0.25) is 0 Å². The zero-order chi connectivity index (χ0) is 23.5. The van der Waals surface area contributed by atoms with E-state index in [1.54, 1.807) is 41.5 Å². The maximum atomic E-state index is 10.9. The summed E-state index contributed by atoms with van der Waals surface area (Å²) in [6, 6.07) is 0. The first-order chi connectivity index (χ1) is 13.7. The van der Waals surface area contributed by atoms with Crippen LogP contribution >= 0.6 is 0 Å². The number of aliphatic hydroxyl groups excluding tert-OH is 4. The van der Waals surface area contributed by atoms with E-state index in [1.807, 2.05) is 6.92 Å². The molecule has 0 spiro atoms. The van der Waals surface area contributed by atoms with Gasteiger partial charge in [0, 0.05) is 52.1 Å². The van der Waals surface area contributed by atoms with Gasteiger partial charge in [-0.25, -0.2) is 0 Å². The van der Waals surface area contributed by atoms with Gasteiger partial charge in [0.15, 0.2) is 0 Å². The molecule has 7 heteroatoms. The number of hydrogen-bond donors (Lipinski definition) is 6. The van der Waals surface area contributed by atoms with Gasteiger partial charge in [0.1, 0.15) is 5.72 Å². The van der Waals surface area contributed by atoms with E-state index in [-0.39, 0.29) is 52.1 Å². The normalized spacial score (nSPS) is 29.7. The smallest absolute Gasteiger partial charge is 0.118 e. The topological polar surface area (TPSA) is 113 Å². The third-order valence-electron chi connectivity index (χ3n) is 5.88. The Morgan fingerprint density at radius 1 is 0.806 bits per heavy atom. The second-order valence-electron chi connectivity index (χ2n) is 10.6. The maximum Gasteiger partial charge on any atom is 0.118 e. The molecule has 0 amide bonds. The van der Waals surface area contributed by atoms with E-state index < -0.39 is 5.72 Å². The molecule has 0 heterocycles. The zero-order valence-electron chi connectivity index (χ0n) is 21.1. The van der Waals surface area contributed by atoms with Gasteiger partial charge in [0.25, 0.3) is 0 Å². The Morgan fingerprint density at radius 2 is 1.10 bits per heavy atom. The molecule has 4 fully saturated rings. The van der Waals surface area contributed by atoms with E-state index in [2.05, 4.69) is 5.32 Å². The van der Waals surface area contributed by atoms with Crippen molar-refractivity contribution in [3.8, 4) is 0 Å². The molecule has 6 N–H and O–H groups in total. The molecule has 4 rings (SSSR count). The van der Waals surface area contributed by atoms with E-state index in [0.717, 1.165) is 24.2 Å². The molecule has 186 valence electrons. The molecule has 1 unspecified atom stereocenters. The Bertz CT molecular complexity index is 386. The average Bonchev–Trinajstić information content (AvgIpc) is 2.52. The maximum absolute atomic E-state index is 10.9. The van der Waals surface area contributed by atoms with Gasteiger partial charge >= 0.3 is 0 Å². The number of rotatable bonds is 5. The van der Waals surface area contributed by atoms with Crippen LogP contribution < -0.4 is 5.32 Å². The third kappa shape index (κ3) is 13.7. The van der Waals surface area contributed by atoms with Gasteiger partial charge < -0.3 is 25.5 Å². The van der Waals surface area contributed by atoms with Crippen molar-refractivity contribution in [1.29, 1.82) is 0 Å². The van der Waals surface area contributed by atoms with Gasteiger partial charge in [-0.1, -0.05) is 0 Å². The van der Waals surface area contributed by atoms with Crippen molar-refractivity contribution in [2.75, 3.05) is 13.2 Å². The van der Waals surface area contributed by atoms with Crippen LogP contribution in [0.1, 0.15) is 93.4 Å². The summed E-state index contributed by atoms with van der Waals surface area (Å²) in [5.74, 6) is 2.59. The van der Waals surface area contributed by atoms with Crippen LogP contribution in [0.15, 0.2) is 0 Å². The first-order valence-electron chi connectivity index (χ1n) is 11.9. The van der Waals surface area contributed by atoms with E-state index in [1.165, 1.54) is 38.5 Å². The molecule has 31 heavy (non-hydrogen) atoms. The first-order valence-corrected chi connectivity index (χ1v) is 11.9. The molecule has 0 aromatic carbocycles. The van der Waals surface area contributed by atoms with Gasteiger partial charge in [-0.05, 0) is 118 Å². The summed E-state index contributed by atoms with van der Waals surface area (Å²) in [6.45, 7) is 13.2. The first kappa shape index (κ1) is 33.6. The average molecular weight is 482 g/mol. The molecule has 4 saturated carbocycles. The van der Waals surface area contributed by atoms with Crippen LogP contribution in [0.5, 0.6) is 0 Å². The summed E-state index contributed by atoms with van der Waals surface area (Å²) in [5, 5.41) is 47.3. The molecule has 6 nitrogen and oxygen atoms in total. The van der Waals surface area contributed by atoms with Gasteiger partial charge in [-0.3, -0.25) is 5.32 Å². The number of aliphatic hydroxyl groups is 5. The predicted octanol–water partition coefficient (Wildman–Crippen LogP) is 3.04. The fourth-order valence-corrected chi connectivity index (χ4v) is 5.31. The summed E-state index contributed by atoms with van der Waals surface area (Å²) in [7, 11) is 0. The standard InChI is InChI=1S/C15H27NO2.3C3H8O.Ti/c1-14(18,16-3-2-4-17)15-8-11-5-12(9-15)7-13(6-11)10-15;3*1-3(2)4;/h11-13,16-18H,2-10H2,1H3;3*3-4H,1-2H3;. The fraction of sp³-hybridized carbons (Fsp3) is 1.00. The monoisotopic (exact) mass is 481 g/mol. The Hall–Kier alpha value is 0.474. The van der Waals surface area contributed by atoms with Crippen molar-refractivity contribution in [3.05, 3.63) is 0 Å². The Labute approximate surface area is 206 Å². The van der Waals surface area contributed by atoms with E-state index in [0.29, 0.717) is 6.54 Å². The van der Waals surface area contributed by atoms with Crippen LogP contribution in [0, 0.1) is 23.2 Å². The van der Waals surface area contributed by atoms with Gasteiger partial charge in [0.05, 0.1) is 0 Å². The predicted molar refractivity (Wildman–Crippen MR) is 123 cm³/mol. The molecule has 0 aromatic heterocycles. The molecule has 4 aliphatic carbocycles. The van der Waals surface area contributed by atoms with Crippen LogP contribution in [0.25, 0.3) is 0 Å². The SMILES string of the molecule is CC(C)O.CC(C)O.CC(C)O.CC(O)(NCCCO)C12CC3CC(CC(C3)C1)C2.[Ti]. The second-order valence-corrected chi connectivity index (χ2v) is 10.6. The quantitative estimate of drug-likeness (QED) is 0.205. The molecule has 0 saturated heterocycles.